The highest BCUT2D eigenvalue weighted by atomic mass is 16.6. The number of ether oxygens (including phenoxy) is 1. The summed E-state index contributed by atoms with van der Waals surface area (Å²) >= 11 is 0. The summed E-state index contributed by atoms with van der Waals surface area (Å²) in [5.41, 5.74) is 0.472. The number of non-ortho nitro benzene ring substituents is 1. The van der Waals surface area contributed by atoms with Gasteiger partial charge >= 0.3 is 5.97 Å². The second-order valence-electron chi connectivity index (χ2n) is 5.19. The van der Waals surface area contributed by atoms with Crippen LogP contribution in [0.15, 0.2) is 42.5 Å². The van der Waals surface area contributed by atoms with Crippen molar-refractivity contribution in [2.45, 2.75) is 6.42 Å². The van der Waals surface area contributed by atoms with Crippen LogP contribution in [-0.2, 0) is 11.2 Å². The van der Waals surface area contributed by atoms with Crippen molar-refractivity contribution in [3.05, 3.63) is 69.3 Å². The minimum absolute atomic E-state index is 0.000283. The van der Waals surface area contributed by atoms with E-state index in [0.717, 1.165) is 24.8 Å². The van der Waals surface area contributed by atoms with Crippen LogP contribution >= 0.6 is 0 Å². The van der Waals surface area contributed by atoms with E-state index in [2.05, 4.69) is 10.1 Å². The minimum atomic E-state index is -0.762. The lowest BCUT2D eigenvalue weighted by Gasteiger charge is -2.07. The molecular formula is C17H16N2O6. The standard InChI is InChI=1S/C17H16N2O6/c1-25-17(22)13-8-12(9-14(10-13)19(23)24)16(21)18-7-6-11-2-4-15(20)5-3-11/h2-5,8-10,20H,6-7H2,1H3,(H,18,21). The molecule has 0 fully saturated rings. The molecule has 2 N–H and O–H groups in total. The molecule has 25 heavy (non-hydrogen) atoms. The van der Waals surface area contributed by atoms with E-state index in [4.69, 9.17) is 0 Å². The Morgan fingerprint density at radius 1 is 1.16 bits per heavy atom. The summed E-state index contributed by atoms with van der Waals surface area (Å²) in [4.78, 5) is 34.1. The molecule has 0 saturated heterocycles. The van der Waals surface area contributed by atoms with E-state index in [-0.39, 0.29) is 22.6 Å². The largest absolute Gasteiger partial charge is 0.508 e. The van der Waals surface area contributed by atoms with Crippen LogP contribution in [0.25, 0.3) is 0 Å². The minimum Gasteiger partial charge on any atom is -0.508 e. The third-order valence-electron chi connectivity index (χ3n) is 3.45. The molecule has 2 rings (SSSR count). The molecule has 0 saturated carbocycles. The fourth-order valence-corrected chi connectivity index (χ4v) is 2.17. The lowest BCUT2D eigenvalue weighted by atomic mass is 10.1. The van der Waals surface area contributed by atoms with E-state index < -0.39 is 16.8 Å². The molecule has 0 atom stereocenters. The van der Waals surface area contributed by atoms with Gasteiger partial charge in [0.25, 0.3) is 11.6 Å². The quantitative estimate of drug-likeness (QED) is 0.470. The number of nitrogens with zero attached hydrogens (tertiary/aromatic N) is 1. The van der Waals surface area contributed by atoms with E-state index in [9.17, 15) is 24.8 Å². The van der Waals surface area contributed by atoms with Crippen molar-refractivity contribution >= 4 is 17.6 Å². The molecule has 0 heterocycles. The number of methoxy groups -OCH3 is 1. The van der Waals surface area contributed by atoms with Gasteiger partial charge in [-0.05, 0) is 30.2 Å². The molecule has 2 aromatic rings. The van der Waals surface area contributed by atoms with Crippen molar-refractivity contribution < 1.29 is 24.4 Å². The van der Waals surface area contributed by atoms with Gasteiger partial charge in [0.1, 0.15) is 5.75 Å². The van der Waals surface area contributed by atoms with Gasteiger partial charge in [-0.2, -0.15) is 0 Å². The van der Waals surface area contributed by atoms with Gasteiger partial charge < -0.3 is 15.2 Å². The molecule has 8 nitrogen and oxygen atoms in total. The second kappa shape index (κ2) is 7.91. The topological polar surface area (TPSA) is 119 Å². The molecule has 0 bridgehead atoms. The van der Waals surface area contributed by atoms with E-state index in [1.165, 1.54) is 6.07 Å². The molecule has 0 spiro atoms. The number of phenols is 1. The number of amides is 1. The van der Waals surface area contributed by atoms with Gasteiger partial charge in [0.05, 0.1) is 17.6 Å². The fraction of sp³-hybridized carbons (Fsp3) is 0.176. The van der Waals surface area contributed by atoms with Crippen LogP contribution in [0.2, 0.25) is 0 Å². The number of nitro benzene ring substituents is 1. The van der Waals surface area contributed by atoms with Crippen LogP contribution in [0.1, 0.15) is 26.3 Å². The number of nitro groups is 1. The van der Waals surface area contributed by atoms with Gasteiger partial charge in [-0.15, -0.1) is 0 Å². The van der Waals surface area contributed by atoms with Gasteiger partial charge in [-0.3, -0.25) is 14.9 Å². The van der Waals surface area contributed by atoms with Crippen LogP contribution in [0, 0.1) is 10.1 Å². The Kier molecular flexibility index (Phi) is 5.67. The molecule has 8 heteroatoms. The first-order valence-electron chi connectivity index (χ1n) is 7.34. The van der Waals surface area contributed by atoms with Gasteiger partial charge in [-0.1, -0.05) is 12.1 Å². The molecular weight excluding hydrogens is 328 g/mol. The second-order valence-corrected chi connectivity index (χ2v) is 5.19. The summed E-state index contributed by atoms with van der Waals surface area (Å²) in [5.74, 6) is -1.14. The lowest BCUT2D eigenvalue weighted by molar-refractivity contribution is -0.384. The van der Waals surface area contributed by atoms with Crippen LogP contribution in [0.5, 0.6) is 5.75 Å². The molecule has 0 aliphatic rings. The van der Waals surface area contributed by atoms with Crippen molar-refractivity contribution in [2.24, 2.45) is 0 Å². The zero-order valence-corrected chi connectivity index (χ0v) is 13.4. The van der Waals surface area contributed by atoms with Crippen molar-refractivity contribution in [2.75, 3.05) is 13.7 Å². The van der Waals surface area contributed by atoms with Gasteiger partial charge in [-0.25, -0.2) is 4.79 Å². The number of carbonyl (C=O) groups excluding carboxylic acids is 2. The van der Waals surface area contributed by atoms with Crippen LogP contribution < -0.4 is 5.32 Å². The lowest BCUT2D eigenvalue weighted by Crippen LogP contribution is -2.26. The number of benzene rings is 2. The molecule has 0 unspecified atom stereocenters. The number of rotatable bonds is 6. The first kappa shape index (κ1) is 17.9. The summed E-state index contributed by atoms with van der Waals surface area (Å²) < 4.78 is 4.54. The molecule has 0 aliphatic heterocycles. The molecule has 130 valence electrons. The molecule has 1 amide bonds. The maximum atomic E-state index is 12.2. The highest BCUT2D eigenvalue weighted by Crippen LogP contribution is 2.18. The summed E-state index contributed by atoms with van der Waals surface area (Å²) in [6, 6.07) is 9.94. The number of hydrogen-bond acceptors (Lipinski definition) is 6. The summed E-state index contributed by atoms with van der Waals surface area (Å²) in [7, 11) is 1.15. The number of nitrogens with one attached hydrogen (secondary N) is 1. The maximum absolute atomic E-state index is 12.2. The Morgan fingerprint density at radius 2 is 1.80 bits per heavy atom. The number of phenolic OH excluding ortho intramolecular Hbond substituents is 1. The Bertz CT molecular complexity index is 801. The Balaban J connectivity index is 2.09. The maximum Gasteiger partial charge on any atom is 0.338 e. The first-order chi connectivity index (χ1) is 11.9. The van der Waals surface area contributed by atoms with Crippen molar-refractivity contribution in [3.8, 4) is 5.75 Å². The third kappa shape index (κ3) is 4.77. The SMILES string of the molecule is COC(=O)c1cc(C(=O)NCCc2ccc(O)cc2)cc([N+](=O)[O-])c1. The Hall–Kier alpha value is -3.42. The first-order valence-corrected chi connectivity index (χ1v) is 7.34. The predicted molar refractivity (Wildman–Crippen MR) is 88.6 cm³/mol. The fourth-order valence-electron chi connectivity index (χ4n) is 2.17. The summed E-state index contributed by atoms with van der Waals surface area (Å²) in [5, 5.41) is 22.8. The van der Waals surface area contributed by atoms with Gasteiger partial charge in [0.15, 0.2) is 0 Å². The third-order valence-corrected chi connectivity index (χ3v) is 3.45. The van der Waals surface area contributed by atoms with Crippen LogP contribution in [-0.4, -0.2) is 35.6 Å². The Labute approximate surface area is 143 Å². The number of carbonyl (C=O) groups is 2. The zero-order valence-electron chi connectivity index (χ0n) is 13.4. The molecule has 2 aromatic carbocycles. The highest BCUT2D eigenvalue weighted by molar-refractivity contribution is 5.98. The summed E-state index contributed by atoms with van der Waals surface area (Å²) in [6.45, 7) is 0.292. The van der Waals surface area contributed by atoms with E-state index in [0.29, 0.717) is 13.0 Å². The molecule has 0 radical (unpaired) electrons. The number of aromatic hydroxyl groups is 1. The monoisotopic (exact) mass is 344 g/mol. The number of hydrogen-bond donors (Lipinski definition) is 2. The van der Waals surface area contributed by atoms with Gasteiger partial charge in [0.2, 0.25) is 0 Å². The van der Waals surface area contributed by atoms with E-state index in [1.807, 2.05) is 0 Å². The smallest absolute Gasteiger partial charge is 0.338 e. The normalized spacial score (nSPS) is 10.1. The molecule has 0 aromatic heterocycles. The number of esters is 1. The zero-order chi connectivity index (χ0) is 18.4. The summed E-state index contributed by atoms with van der Waals surface area (Å²) in [6.07, 6.45) is 0.519. The van der Waals surface area contributed by atoms with Crippen molar-refractivity contribution in [1.29, 1.82) is 0 Å². The molecule has 0 aliphatic carbocycles. The average molecular weight is 344 g/mol. The van der Waals surface area contributed by atoms with Crippen LogP contribution in [0.3, 0.4) is 0 Å². The van der Waals surface area contributed by atoms with Crippen LogP contribution in [0.4, 0.5) is 5.69 Å². The van der Waals surface area contributed by atoms with E-state index in [1.54, 1.807) is 24.3 Å². The van der Waals surface area contributed by atoms with Crippen molar-refractivity contribution in [1.82, 2.24) is 5.32 Å². The van der Waals surface area contributed by atoms with E-state index >= 15 is 0 Å². The highest BCUT2D eigenvalue weighted by Gasteiger charge is 2.18. The average Bonchev–Trinajstić information content (AvgIpc) is 2.62. The Morgan fingerprint density at radius 3 is 2.40 bits per heavy atom. The van der Waals surface area contributed by atoms with Crippen molar-refractivity contribution in [3.63, 3.8) is 0 Å². The van der Waals surface area contributed by atoms with Gasteiger partial charge in [0, 0.05) is 24.2 Å². The predicted octanol–water partition coefficient (Wildman–Crippen LogP) is 2.06.